The lowest BCUT2D eigenvalue weighted by Crippen LogP contribution is -2.45. The average molecular weight is 891 g/mol. The fourth-order valence-electron chi connectivity index (χ4n) is 8.93. The molecule has 3 N–H and O–H groups in total. The molecule has 374 valence electrons. The van der Waals surface area contributed by atoms with Gasteiger partial charge in [-0.05, 0) is 32.1 Å². The summed E-state index contributed by atoms with van der Waals surface area (Å²) in [5.74, 6) is -0.116. The molecule has 2 unspecified atom stereocenters. The fraction of sp³-hybridized carbons (Fsp3) is 0.930. The quantitative estimate of drug-likeness (QED) is 0.0321. The van der Waals surface area contributed by atoms with E-state index in [2.05, 4.69) is 19.2 Å². The third-order valence-electron chi connectivity index (χ3n) is 13.3. The zero-order valence-corrected chi connectivity index (χ0v) is 42.6. The summed E-state index contributed by atoms with van der Waals surface area (Å²) in [4.78, 5) is 24.5. The summed E-state index contributed by atoms with van der Waals surface area (Å²) in [6.07, 6.45) is 62.3. The van der Waals surface area contributed by atoms with Crippen molar-refractivity contribution in [3.63, 3.8) is 0 Å². The van der Waals surface area contributed by atoms with Crippen LogP contribution < -0.4 is 5.32 Å². The van der Waals surface area contributed by atoms with Gasteiger partial charge < -0.3 is 20.3 Å². The largest absolute Gasteiger partial charge is 0.466 e. The van der Waals surface area contributed by atoms with Crippen LogP contribution in [0.2, 0.25) is 0 Å². The first-order valence-electron chi connectivity index (χ1n) is 28.5. The van der Waals surface area contributed by atoms with Crippen molar-refractivity contribution >= 4 is 11.9 Å². The summed E-state index contributed by atoms with van der Waals surface area (Å²) in [6, 6.07) is -0.647. The standard InChI is InChI=1S/C57H111NO5/c1-3-5-7-9-11-13-15-17-18-19-20-21-22-23-24-25-26-27-29-30-33-37-41-45-49-55(60)54(53-59)58-56(61)50-46-42-38-34-32-36-40-44-48-52-63-57(62)51-47-43-39-35-31-28-16-14-12-10-8-6-4-2/h45,49,54-55,59-60H,3-44,46-48,50-53H2,1-2H3,(H,58,61)/b49-45+. The van der Waals surface area contributed by atoms with Gasteiger partial charge in [0.25, 0.3) is 0 Å². The van der Waals surface area contributed by atoms with E-state index in [1.807, 2.05) is 6.08 Å². The average Bonchev–Trinajstić information content (AvgIpc) is 3.28. The smallest absolute Gasteiger partial charge is 0.305 e. The SMILES string of the molecule is CCCCCCCCCCCCCCCCCCCCCCCC/C=C/C(O)C(CO)NC(=O)CCCCCCCCCCCOC(=O)CCCCCCCCCCCCCCC. The molecule has 6 heteroatoms. The Morgan fingerprint density at radius 3 is 1.08 bits per heavy atom. The van der Waals surface area contributed by atoms with Crippen molar-refractivity contribution in [2.75, 3.05) is 13.2 Å². The lowest BCUT2D eigenvalue weighted by atomic mass is 10.0. The van der Waals surface area contributed by atoms with Crippen molar-refractivity contribution in [1.29, 1.82) is 0 Å². The highest BCUT2D eigenvalue weighted by Crippen LogP contribution is 2.17. The van der Waals surface area contributed by atoms with Crippen LogP contribution in [0.3, 0.4) is 0 Å². The van der Waals surface area contributed by atoms with E-state index in [1.54, 1.807) is 6.08 Å². The Balaban J connectivity index is 3.50. The van der Waals surface area contributed by atoms with Crippen LogP contribution in [0.1, 0.15) is 316 Å². The van der Waals surface area contributed by atoms with Gasteiger partial charge in [0.1, 0.15) is 0 Å². The zero-order chi connectivity index (χ0) is 45.8. The molecule has 0 rings (SSSR count). The molecule has 0 aromatic heterocycles. The molecule has 0 heterocycles. The molecule has 63 heavy (non-hydrogen) atoms. The number of allylic oxidation sites excluding steroid dienone is 1. The molecular weight excluding hydrogens is 779 g/mol. The topological polar surface area (TPSA) is 95.9 Å². The number of unbranched alkanes of at least 4 members (excludes halogenated alkanes) is 42. The van der Waals surface area contributed by atoms with Crippen LogP contribution in [0.25, 0.3) is 0 Å². The van der Waals surface area contributed by atoms with Gasteiger partial charge in [0, 0.05) is 12.8 Å². The number of rotatable bonds is 53. The highest BCUT2D eigenvalue weighted by atomic mass is 16.5. The summed E-state index contributed by atoms with van der Waals surface area (Å²) in [7, 11) is 0. The Morgan fingerprint density at radius 2 is 0.730 bits per heavy atom. The van der Waals surface area contributed by atoms with E-state index in [0.717, 1.165) is 57.8 Å². The lowest BCUT2D eigenvalue weighted by Gasteiger charge is -2.20. The summed E-state index contributed by atoms with van der Waals surface area (Å²) in [6.45, 7) is 4.86. The molecule has 0 spiro atoms. The molecule has 0 bridgehead atoms. The molecule has 0 aliphatic rings. The normalized spacial score (nSPS) is 12.6. The molecule has 0 radical (unpaired) electrons. The minimum absolute atomic E-state index is 0.0247. The van der Waals surface area contributed by atoms with Crippen LogP contribution in [0.4, 0.5) is 0 Å². The van der Waals surface area contributed by atoms with Crippen LogP contribution >= 0.6 is 0 Å². The number of aliphatic hydroxyl groups is 2. The molecule has 0 aromatic rings. The van der Waals surface area contributed by atoms with Crippen LogP contribution in [0.15, 0.2) is 12.2 Å². The molecule has 0 fully saturated rings. The summed E-state index contributed by atoms with van der Waals surface area (Å²) in [5.41, 5.74) is 0. The van der Waals surface area contributed by atoms with E-state index in [-0.39, 0.29) is 18.5 Å². The van der Waals surface area contributed by atoms with Crippen molar-refractivity contribution < 1.29 is 24.5 Å². The molecule has 0 saturated carbocycles. The number of hydrogen-bond donors (Lipinski definition) is 3. The first-order chi connectivity index (χ1) is 31.0. The Labute approximate surface area is 393 Å². The van der Waals surface area contributed by atoms with Crippen LogP contribution in [-0.2, 0) is 14.3 Å². The van der Waals surface area contributed by atoms with Gasteiger partial charge in [-0.2, -0.15) is 0 Å². The maximum atomic E-state index is 12.5. The Morgan fingerprint density at radius 1 is 0.429 bits per heavy atom. The molecule has 0 aliphatic carbocycles. The number of carbonyl (C=O) groups is 2. The highest BCUT2D eigenvalue weighted by molar-refractivity contribution is 5.76. The number of amides is 1. The van der Waals surface area contributed by atoms with Crippen molar-refractivity contribution in [3.05, 3.63) is 12.2 Å². The van der Waals surface area contributed by atoms with Gasteiger partial charge in [0.2, 0.25) is 5.91 Å². The number of aliphatic hydroxyl groups excluding tert-OH is 2. The van der Waals surface area contributed by atoms with Gasteiger partial charge in [0.05, 0.1) is 25.4 Å². The van der Waals surface area contributed by atoms with Crippen LogP contribution in [0.5, 0.6) is 0 Å². The monoisotopic (exact) mass is 890 g/mol. The molecule has 2 atom stereocenters. The predicted octanol–water partition coefficient (Wildman–Crippen LogP) is 17.3. The van der Waals surface area contributed by atoms with Crippen molar-refractivity contribution in [1.82, 2.24) is 5.32 Å². The zero-order valence-electron chi connectivity index (χ0n) is 42.6. The van der Waals surface area contributed by atoms with Crippen molar-refractivity contribution in [2.45, 2.75) is 328 Å². The van der Waals surface area contributed by atoms with Gasteiger partial charge in [-0.25, -0.2) is 0 Å². The van der Waals surface area contributed by atoms with E-state index >= 15 is 0 Å². The van der Waals surface area contributed by atoms with E-state index < -0.39 is 12.1 Å². The molecule has 0 aliphatic heterocycles. The Kier molecular flexibility index (Phi) is 52.0. The molecule has 0 saturated heterocycles. The number of carbonyl (C=O) groups excluding carboxylic acids is 2. The van der Waals surface area contributed by atoms with Gasteiger partial charge in [0.15, 0.2) is 0 Å². The summed E-state index contributed by atoms with van der Waals surface area (Å²) in [5, 5.41) is 23.2. The minimum Gasteiger partial charge on any atom is -0.466 e. The number of nitrogens with one attached hydrogen (secondary N) is 1. The first-order valence-corrected chi connectivity index (χ1v) is 28.5. The lowest BCUT2D eigenvalue weighted by molar-refractivity contribution is -0.143. The first kappa shape index (κ1) is 61.6. The van der Waals surface area contributed by atoms with Crippen LogP contribution in [0, 0.1) is 0 Å². The van der Waals surface area contributed by atoms with E-state index in [4.69, 9.17) is 4.74 Å². The molecule has 0 aromatic carbocycles. The second-order valence-corrected chi connectivity index (χ2v) is 19.6. The van der Waals surface area contributed by atoms with Crippen molar-refractivity contribution in [3.8, 4) is 0 Å². The molecular formula is C57H111NO5. The fourth-order valence-corrected chi connectivity index (χ4v) is 8.93. The highest BCUT2D eigenvalue weighted by Gasteiger charge is 2.18. The minimum atomic E-state index is -0.861. The molecule has 1 amide bonds. The summed E-state index contributed by atoms with van der Waals surface area (Å²) < 4.78 is 5.45. The van der Waals surface area contributed by atoms with Crippen molar-refractivity contribution in [2.24, 2.45) is 0 Å². The van der Waals surface area contributed by atoms with E-state index in [1.165, 1.54) is 231 Å². The second kappa shape index (κ2) is 53.2. The maximum absolute atomic E-state index is 12.5. The van der Waals surface area contributed by atoms with Gasteiger partial charge in [-0.15, -0.1) is 0 Å². The maximum Gasteiger partial charge on any atom is 0.305 e. The van der Waals surface area contributed by atoms with Gasteiger partial charge in [-0.1, -0.05) is 283 Å². The predicted molar refractivity (Wildman–Crippen MR) is 273 cm³/mol. The number of hydrogen-bond acceptors (Lipinski definition) is 5. The number of esters is 1. The summed E-state index contributed by atoms with van der Waals surface area (Å²) >= 11 is 0. The van der Waals surface area contributed by atoms with E-state index in [0.29, 0.717) is 19.4 Å². The van der Waals surface area contributed by atoms with Gasteiger partial charge >= 0.3 is 5.97 Å². The Hall–Kier alpha value is -1.40. The van der Waals surface area contributed by atoms with E-state index in [9.17, 15) is 19.8 Å². The van der Waals surface area contributed by atoms with Gasteiger partial charge in [-0.3, -0.25) is 9.59 Å². The van der Waals surface area contributed by atoms with Crippen LogP contribution in [-0.4, -0.2) is 47.4 Å². The third-order valence-corrected chi connectivity index (χ3v) is 13.3. The third kappa shape index (κ3) is 49.9. The second-order valence-electron chi connectivity index (χ2n) is 19.6. The Bertz CT molecular complexity index is 939. The number of ether oxygens (including phenoxy) is 1. The molecule has 6 nitrogen and oxygen atoms in total.